The van der Waals surface area contributed by atoms with Gasteiger partial charge in [0, 0.05) is 13.2 Å². The van der Waals surface area contributed by atoms with Gasteiger partial charge in [-0.3, -0.25) is 0 Å². The predicted molar refractivity (Wildman–Crippen MR) is 56.4 cm³/mol. The minimum absolute atomic E-state index is 0. The molecule has 2 heterocycles. The average molecular weight is 206 g/mol. The Morgan fingerprint density at radius 3 is 2.00 bits per heavy atom. The van der Waals surface area contributed by atoms with Crippen molar-refractivity contribution >= 4 is 12.4 Å². The highest BCUT2D eigenvalue weighted by molar-refractivity contribution is 5.85. The Balaban J connectivity index is 0.000000845. The fraction of sp³-hybridized carbons (Fsp3) is 1.00. The van der Waals surface area contributed by atoms with Crippen LogP contribution in [0.3, 0.4) is 0 Å². The molecule has 0 aromatic carbocycles. The molecule has 0 bridgehead atoms. The van der Waals surface area contributed by atoms with E-state index >= 15 is 0 Å². The highest BCUT2D eigenvalue weighted by Gasteiger charge is 2.24. The Hall–Kier alpha value is 0.210. The van der Waals surface area contributed by atoms with Gasteiger partial charge >= 0.3 is 0 Å². The summed E-state index contributed by atoms with van der Waals surface area (Å²) in [6, 6.07) is 0. The van der Waals surface area contributed by atoms with Crippen molar-refractivity contribution in [2.24, 2.45) is 11.8 Å². The lowest BCUT2D eigenvalue weighted by molar-refractivity contribution is 0.0406. The summed E-state index contributed by atoms with van der Waals surface area (Å²) in [6.07, 6.45) is 5.41. The molecule has 78 valence electrons. The monoisotopic (exact) mass is 205 g/mol. The fourth-order valence-corrected chi connectivity index (χ4v) is 2.50. The van der Waals surface area contributed by atoms with Crippen LogP contribution in [0.2, 0.25) is 0 Å². The SMILES string of the molecule is C1CC(C2CCOCC2)CCN1.Cl. The molecule has 0 radical (unpaired) electrons. The van der Waals surface area contributed by atoms with Gasteiger partial charge in [-0.25, -0.2) is 0 Å². The second-order valence-corrected chi connectivity index (χ2v) is 4.04. The van der Waals surface area contributed by atoms with Gasteiger partial charge < -0.3 is 10.1 Å². The van der Waals surface area contributed by atoms with Crippen LogP contribution in [-0.2, 0) is 4.74 Å². The summed E-state index contributed by atoms with van der Waals surface area (Å²) >= 11 is 0. The second kappa shape index (κ2) is 5.84. The molecule has 13 heavy (non-hydrogen) atoms. The van der Waals surface area contributed by atoms with Crippen LogP contribution in [0.1, 0.15) is 25.7 Å². The van der Waals surface area contributed by atoms with Crippen molar-refractivity contribution in [2.75, 3.05) is 26.3 Å². The van der Waals surface area contributed by atoms with Crippen LogP contribution in [0.4, 0.5) is 0 Å². The molecule has 1 N–H and O–H groups in total. The minimum Gasteiger partial charge on any atom is -0.381 e. The molecule has 0 spiro atoms. The van der Waals surface area contributed by atoms with Crippen LogP contribution < -0.4 is 5.32 Å². The summed E-state index contributed by atoms with van der Waals surface area (Å²) in [7, 11) is 0. The Morgan fingerprint density at radius 1 is 0.846 bits per heavy atom. The molecular formula is C10H20ClNO. The molecule has 2 rings (SSSR count). The van der Waals surface area contributed by atoms with Crippen molar-refractivity contribution in [3.05, 3.63) is 0 Å². The van der Waals surface area contributed by atoms with Gasteiger partial charge in [-0.05, 0) is 50.6 Å². The van der Waals surface area contributed by atoms with Gasteiger partial charge in [0.15, 0.2) is 0 Å². The lowest BCUT2D eigenvalue weighted by Gasteiger charge is -2.33. The van der Waals surface area contributed by atoms with E-state index in [1.807, 2.05) is 0 Å². The lowest BCUT2D eigenvalue weighted by Crippen LogP contribution is -2.33. The van der Waals surface area contributed by atoms with E-state index in [0.717, 1.165) is 25.0 Å². The van der Waals surface area contributed by atoms with Crippen LogP contribution in [0.5, 0.6) is 0 Å². The highest BCUT2D eigenvalue weighted by atomic mass is 35.5. The van der Waals surface area contributed by atoms with E-state index in [2.05, 4.69) is 5.32 Å². The van der Waals surface area contributed by atoms with Gasteiger partial charge in [0.05, 0.1) is 0 Å². The molecule has 0 aromatic rings. The van der Waals surface area contributed by atoms with E-state index in [4.69, 9.17) is 4.74 Å². The summed E-state index contributed by atoms with van der Waals surface area (Å²) in [4.78, 5) is 0. The van der Waals surface area contributed by atoms with E-state index in [9.17, 15) is 0 Å². The third kappa shape index (κ3) is 3.12. The van der Waals surface area contributed by atoms with Gasteiger partial charge in [-0.15, -0.1) is 12.4 Å². The molecule has 2 saturated heterocycles. The van der Waals surface area contributed by atoms with Crippen molar-refractivity contribution in [2.45, 2.75) is 25.7 Å². The number of ether oxygens (including phenoxy) is 1. The normalized spacial score (nSPS) is 26.8. The fourth-order valence-electron chi connectivity index (χ4n) is 2.50. The number of hydrogen-bond donors (Lipinski definition) is 1. The van der Waals surface area contributed by atoms with Crippen molar-refractivity contribution in [3.8, 4) is 0 Å². The predicted octanol–water partition coefficient (Wildman–Crippen LogP) is 1.83. The molecule has 0 aromatic heterocycles. The number of nitrogens with one attached hydrogen (secondary N) is 1. The second-order valence-electron chi connectivity index (χ2n) is 4.04. The zero-order valence-electron chi connectivity index (χ0n) is 8.13. The van der Waals surface area contributed by atoms with Crippen molar-refractivity contribution in [3.63, 3.8) is 0 Å². The third-order valence-corrected chi connectivity index (χ3v) is 3.32. The minimum atomic E-state index is 0. The van der Waals surface area contributed by atoms with E-state index in [1.54, 1.807) is 0 Å². The van der Waals surface area contributed by atoms with Crippen LogP contribution in [0.15, 0.2) is 0 Å². The summed E-state index contributed by atoms with van der Waals surface area (Å²) < 4.78 is 5.37. The maximum atomic E-state index is 5.37. The standard InChI is InChI=1S/C10H19NO.ClH/c1-5-11-6-2-9(1)10-3-7-12-8-4-10;/h9-11H,1-8H2;1H. The van der Waals surface area contributed by atoms with Gasteiger partial charge in [0.1, 0.15) is 0 Å². The van der Waals surface area contributed by atoms with Crippen LogP contribution in [-0.4, -0.2) is 26.3 Å². The summed E-state index contributed by atoms with van der Waals surface area (Å²) in [5.41, 5.74) is 0. The molecule has 0 atom stereocenters. The van der Waals surface area contributed by atoms with Crippen LogP contribution >= 0.6 is 12.4 Å². The van der Waals surface area contributed by atoms with E-state index in [0.29, 0.717) is 0 Å². The molecule has 3 heteroatoms. The number of hydrogen-bond acceptors (Lipinski definition) is 2. The van der Waals surface area contributed by atoms with Gasteiger partial charge in [0.25, 0.3) is 0 Å². The quantitative estimate of drug-likeness (QED) is 0.706. The largest absolute Gasteiger partial charge is 0.381 e. The molecular weight excluding hydrogens is 186 g/mol. The Labute approximate surface area is 86.8 Å². The van der Waals surface area contributed by atoms with Gasteiger partial charge in [0.2, 0.25) is 0 Å². The molecule has 2 fully saturated rings. The number of piperidine rings is 1. The van der Waals surface area contributed by atoms with Crippen LogP contribution in [0, 0.1) is 11.8 Å². The lowest BCUT2D eigenvalue weighted by atomic mass is 9.80. The molecule has 0 aliphatic carbocycles. The Bertz CT molecular complexity index is 115. The van der Waals surface area contributed by atoms with E-state index in [-0.39, 0.29) is 12.4 Å². The maximum absolute atomic E-state index is 5.37. The highest BCUT2D eigenvalue weighted by Crippen LogP contribution is 2.29. The van der Waals surface area contributed by atoms with Gasteiger partial charge in [-0.1, -0.05) is 0 Å². The first-order valence-corrected chi connectivity index (χ1v) is 5.25. The first kappa shape index (κ1) is 11.3. The van der Waals surface area contributed by atoms with Gasteiger partial charge in [-0.2, -0.15) is 0 Å². The van der Waals surface area contributed by atoms with Crippen molar-refractivity contribution < 1.29 is 4.74 Å². The molecule has 2 aliphatic heterocycles. The molecule has 0 saturated carbocycles. The number of halogens is 1. The maximum Gasteiger partial charge on any atom is 0.0468 e. The van der Waals surface area contributed by atoms with Crippen molar-refractivity contribution in [1.82, 2.24) is 5.32 Å². The molecule has 0 amide bonds. The molecule has 0 unspecified atom stereocenters. The van der Waals surface area contributed by atoms with Crippen molar-refractivity contribution in [1.29, 1.82) is 0 Å². The van der Waals surface area contributed by atoms with E-state index < -0.39 is 0 Å². The Kier molecular flexibility index (Phi) is 5.07. The first-order valence-electron chi connectivity index (χ1n) is 5.25. The third-order valence-electron chi connectivity index (χ3n) is 3.32. The van der Waals surface area contributed by atoms with E-state index in [1.165, 1.54) is 38.8 Å². The van der Waals surface area contributed by atoms with Crippen LogP contribution in [0.25, 0.3) is 0 Å². The topological polar surface area (TPSA) is 21.3 Å². The molecule has 2 nitrogen and oxygen atoms in total. The summed E-state index contributed by atoms with van der Waals surface area (Å²) in [6.45, 7) is 4.49. The zero-order valence-corrected chi connectivity index (χ0v) is 8.94. The first-order chi connectivity index (χ1) is 5.97. The summed E-state index contributed by atoms with van der Waals surface area (Å²) in [5.74, 6) is 1.97. The number of rotatable bonds is 1. The zero-order chi connectivity index (χ0) is 8.23. The smallest absolute Gasteiger partial charge is 0.0468 e. The average Bonchev–Trinajstić information content (AvgIpc) is 2.21. The Morgan fingerprint density at radius 2 is 1.38 bits per heavy atom. The molecule has 2 aliphatic rings. The summed E-state index contributed by atoms with van der Waals surface area (Å²) in [5, 5.41) is 3.42.